The second kappa shape index (κ2) is 3.01. The Balaban J connectivity index is 2.75. The van der Waals surface area contributed by atoms with Crippen molar-refractivity contribution in [3.8, 4) is 0 Å². The van der Waals surface area contributed by atoms with Crippen LogP contribution in [-0.2, 0) is 0 Å². The molecule has 0 aliphatic rings. The molecule has 0 radical (unpaired) electrons. The van der Waals surface area contributed by atoms with Crippen molar-refractivity contribution in [3.63, 3.8) is 0 Å². The molecule has 2 rings (SSSR count). The average Bonchev–Trinajstić information content (AvgIpc) is 2.60. The topological polar surface area (TPSA) is 104 Å². The lowest BCUT2D eigenvalue weighted by Gasteiger charge is -1.88. The first-order chi connectivity index (χ1) is 7.09. The maximum atomic E-state index is 10.6. The van der Waals surface area contributed by atoms with Gasteiger partial charge in [-0.2, -0.15) is 0 Å². The van der Waals surface area contributed by atoms with Gasteiger partial charge in [0.1, 0.15) is 11.6 Å². The van der Waals surface area contributed by atoms with Crippen molar-refractivity contribution < 1.29 is 9.96 Å². The fraction of sp³-hybridized carbons (Fsp3) is 0. The normalized spacial score (nSPS) is 10.4. The zero-order chi connectivity index (χ0) is 11.0. The lowest BCUT2D eigenvalue weighted by Crippen LogP contribution is -2.07. The highest BCUT2D eigenvalue weighted by atomic mass is 16.7. The molecule has 0 spiro atoms. The van der Waals surface area contributed by atoms with Crippen LogP contribution in [-0.4, -0.2) is 19.8 Å². The van der Waals surface area contributed by atoms with Gasteiger partial charge in [0.15, 0.2) is 0 Å². The maximum absolute atomic E-state index is 10.6. The van der Waals surface area contributed by atoms with Gasteiger partial charge in [0.25, 0.3) is 5.69 Å². The van der Waals surface area contributed by atoms with Gasteiger partial charge in [-0.3, -0.25) is 10.1 Å². The fourth-order valence-electron chi connectivity index (χ4n) is 1.26. The van der Waals surface area contributed by atoms with Gasteiger partial charge >= 0.3 is 0 Å². The van der Waals surface area contributed by atoms with Crippen molar-refractivity contribution in [1.82, 2.24) is 9.89 Å². The van der Waals surface area contributed by atoms with Crippen LogP contribution < -0.4 is 0 Å². The molecular formula is C7H4N4O4. The van der Waals surface area contributed by atoms with Crippen molar-refractivity contribution >= 4 is 16.6 Å². The second-order valence-corrected chi connectivity index (χ2v) is 2.75. The quantitative estimate of drug-likeness (QED) is 0.540. The molecule has 0 aliphatic heterocycles. The fourth-order valence-corrected chi connectivity index (χ4v) is 1.26. The third-order valence-corrected chi connectivity index (χ3v) is 1.88. The number of aromatic nitrogens is 2. The van der Waals surface area contributed by atoms with Gasteiger partial charge in [0.2, 0.25) is 5.52 Å². The summed E-state index contributed by atoms with van der Waals surface area (Å²) in [5, 5.41) is 23.9. The predicted octanol–water partition coefficient (Wildman–Crippen LogP) is 0.984. The highest BCUT2D eigenvalue weighted by molar-refractivity contribution is 5.87. The Morgan fingerprint density at radius 1 is 1.27 bits per heavy atom. The van der Waals surface area contributed by atoms with Crippen LogP contribution in [0, 0.1) is 20.2 Å². The van der Waals surface area contributed by atoms with Crippen LogP contribution in [0.3, 0.4) is 0 Å². The minimum Gasteiger partial charge on any atom is -0.339 e. The van der Waals surface area contributed by atoms with E-state index in [1.807, 2.05) is 0 Å². The van der Waals surface area contributed by atoms with Crippen LogP contribution in [0.25, 0.3) is 10.9 Å². The van der Waals surface area contributed by atoms with E-state index in [0.717, 1.165) is 6.20 Å². The van der Waals surface area contributed by atoms with Crippen molar-refractivity contribution in [1.29, 1.82) is 0 Å². The van der Waals surface area contributed by atoms with E-state index in [2.05, 4.69) is 5.10 Å². The van der Waals surface area contributed by atoms with Gasteiger partial charge in [0, 0.05) is 10.9 Å². The third kappa shape index (κ3) is 1.37. The molecule has 1 aromatic heterocycles. The van der Waals surface area contributed by atoms with Gasteiger partial charge in [-0.15, -0.1) is 0 Å². The largest absolute Gasteiger partial charge is 0.339 e. The molecule has 76 valence electrons. The first-order valence-electron chi connectivity index (χ1n) is 3.87. The summed E-state index contributed by atoms with van der Waals surface area (Å²) in [4.78, 5) is 20.8. The monoisotopic (exact) mass is 208 g/mol. The first-order valence-corrected chi connectivity index (χ1v) is 3.87. The molecule has 15 heavy (non-hydrogen) atoms. The summed E-state index contributed by atoms with van der Waals surface area (Å²) in [5.41, 5.74) is 0.0292. The Hall–Kier alpha value is -2.51. The molecule has 0 bridgehead atoms. The highest BCUT2D eigenvalue weighted by Gasteiger charge is 2.19. The van der Waals surface area contributed by atoms with E-state index in [1.54, 1.807) is 0 Å². The smallest absolute Gasteiger partial charge is 0.282 e. The molecule has 8 heteroatoms. The molecule has 0 amide bonds. The van der Waals surface area contributed by atoms with Gasteiger partial charge in [-0.25, -0.2) is 0 Å². The summed E-state index contributed by atoms with van der Waals surface area (Å²) in [6.07, 6.45) is 1.02. The summed E-state index contributed by atoms with van der Waals surface area (Å²) in [7, 11) is 0. The van der Waals surface area contributed by atoms with Crippen LogP contribution in [0.1, 0.15) is 0 Å². The number of hydrogen-bond donors (Lipinski definition) is 0. The van der Waals surface area contributed by atoms with Crippen LogP contribution >= 0.6 is 0 Å². The Labute approximate surface area is 82.0 Å². The third-order valence-electron chi connectivity index (χ3n) is 1.88. The summed E-state index contributed by atoms with van der Waals surface area (Å²) in [6, 6.07) is 4.17. The molecule has 0 unspecified atom stereocenters. The molecule has 1 heterocycles. The van der Waals surface area contributed by atoms with Crippen LogP contribution in [0.2, 0.25) is 0 Å². The molecule has 0 saturated carbocycles. The van der Waals surface area contributed by atoms with Gasteiger partial charge < -0.3 is 10.1 Å². The molecule has 8 nitrogen and oxygen atoms in total. The minimum absolute atomic E-state index is 0.152. The molecule has 0 aliphatic carbocycles. The highest BCUT2D eigenvalue weighted by Crippen LogP contribution is 2.23. The zero-order valence-corrected chi connectivity index (χ0v) is 7.23. The van der Waals surface area contributed by atoms with E-state index < -0.39 is 9.96 Å². The van der Waals surface area contributed by atoms with Crippen LogP contribution in [0.5, 0.6) is 0 Å². The van der Waals surface area contributed by atoms with Gasteiger partial charge in [0.05, 0.1) is 15.1 Å². The van der Waals surface area contributed by atoms with Gasteiger partial charge in [-0.05, 0) is 6.07 Å². The van der Waals surface area contributed by atoms with Crippen molar-refractivity contribution in [2.45, 2.75) is 0 Å². The molecular weight excluding hydrogens is 204 g/mol. The van der Waals surface area contributed by atoms with Crippen LogP contribution in [0.15, 0.2) is 24.4 Å². The molecule has 0 fully saturated rings. The Bertz CT molecular complexity index is 561. The first kappa shape index (κ1) is 9.06. The summed E-state index contributed by atoms with van der Waals surface area (Å²) < 4.78 is 0. The van der Waals surface area contributed by atoms with E-state index in [0.29, 0.717) is 4.79 Å². The number of non-ortho nitro benzene ring substituents is 1. The lowest BCUT2D eigenvalue weighted by molar-refractivity contribution is -0.552. The molecule has 1 aromatic carbocycles. The number of nitro groups is 2. The Kier molecular flexibility index (Phi) is 1.82. The van der Waals surface area contributed by atoms with E-state index in [9.17, 15) is 20.2 Å². The number of nitrogens with zero attached hydrogens (tertiary/aromatic N) is 4. The SMILES string of the molecule is O=[N+]([O-])c1cccc2nn([N+](=O)[O-])cc12. The molecule has 2 aromatic rings. The van der Waals surface area contributed by atoms with Gasteiger partial charge in [-0.1, -0.05) is 6.07 Å². The number of fused-ring (bicyclic) bond motifs is 1. The van der Waals surface area contributed by atoms with E-state index in [1.165, 1.54) is 18.2 Å². The van der Waals surface area contributed by atoms with E-state index in [-0.39, 0.29) is 16.6 Å². The molecule has 0 atom stereocenters. The number of rotatable bonds is 2. The van der Waals surface area contributed by atoms with Crippen molar-refractivity contribution in [2.24, 2.45) is 0 Å². The van der Waals surface area contributed by atoms with E-state index in [4.69, 9.17) is 0 Å². The second-order valence-electron chi connectivity index (χ2n) is 2.75. The zero-order valence-electron chi connectivity index (χ0n) is 7.23. The lowest BCUT2D eigenvalue weighted by atomic mass is 10.2. The summed E-state index contributed by atoms with van der Waals surface area (Å²) in [5.74, 6) is 0. The molecule has 0 N–H and O–H groups in total. The van der Waals surface area contributed by atoms with Crippen LogP contribution in [0.4, 0.5) is 5.69 Å². The Morgan fingerprint density at radius 3 is 2.60 bits per heavy atom. The number of benzene rings is 1. The standard InChI is InChI=1S/C7H4N4O4/c12-10(13)7-3-1-2-6-5(7)4-9(8-6)11(14)15/h1-4H. The number of hydrogen-bond acceptors (Lipinski definition) is 5. The Morgan fingerprint density at radius 2 is 2.00 bits per heavy atom. The van der Waals surface area contributed by atoms with Crippen molar-refractivity contribution in [3.05, 3.63) is 44.6 Å². The average molecular weight is 208 g/mol. The van der Waals surface area contributed by atoms with Crippen molar-refractivity contribution in [2.75, 3.05) is 0 Å². The summed E-state index contributed by atoms with van der Waals surface area (Å²) in [6.45, 7) is 0. The molecule has 0 saturated heterocycles. The minimum atomic E-state index is -0.760. The maximum Gasteiger partial charge on any atom is 0.282 e. The van der Waals surface area contributed by atoms with E-state index >= 15 is 0 Å². The number of nitro benzene ring substituents is 1. The predicted molar refractivity (Wildman–Crippen MR) is 48.8 cm³/mol. The summed E-state index contributed by atoms with van der Waals surface area (Å²) >= 11 is 0.